The first-order valence-corrected chi connectivity index (χ1v) is 8.05. The van der Waals surface area contributed by atoms with E-state index in [1.807, 2.05) is 60.7 Å². The summed E-state index contributed by atoms with van der Waals surface area (Å²) in [6.45, 7) is 7.94. The first-order chi connectivity index (χ1) is 11.1. The molecule has 1 fully saturated rings. The Morgan fingerprint density at radius 2 is 2.04 bits per heavy atom. The molecule has 3 rings (SSSR count). The number of benzene rings is 1. The van der Waals surface area contributed by atoms with Gasteiger partial charge in [-0.15, -0.1) is 0 Å². The van der Waals surface area contributed by atoms with Crippen LogP contribution in [0, 0.1) is 13.8 Å². The van der Waals surface area contributed by atoms with Gasteiger partial charge < -0.3 is 9.64 Å². The number of amides is 1. The molecule has 0 bridgehead atoms. The largest absolute Gasteiger partial charge is 0.377 e. The molecular formula is C18H23N3O2. The van der Waals surface area contributed by atoms with Gasteiger partial charge in [-0.1, -0.05) is 18.2 Å². The van der Waals surface area contributed by atoms with Crippen LogP contribution in [0.25, 0.3) is 5.69 Å². The highest BCUT2D eigenvalue weighted by molar-refractivity contribution is 5.79. The minimum Gasteiger partial charge on any atom is -0.377 e. The van der Waals surface area contributed by atoms with Gasteiger partial charge in [0.15, 0.2) is 0 Å². The van der Waals surface area contributed by atoms with Crippen molar-refractivity contribution in [3.05, 3.63) is 47.3 Å². The van der Waals surface area contributed by atoms with Gasteiger partial charge in [0, 0.05) is 17.8 Å². The molecule has 2 aromatic rings. The maximum absolute atomic E-state index is 12.7. The molecule has 1 saturated heterocycles. The van der Waals surface area contributed by atoms with Gasteiger partial charge in [-0.05, 0) is 32.9 Å². The maximum Gasteiger partial charge on any atom is 0.227 e. The number of aromatic nitrogens is 2. The van der Waals surface area contributed by atoms with Crippen LogP contribution in [0.1, 0.15) is 23.9 Å². The molecule has 1 aromatic heterocycles. The minimum absolute atomic E-state index is 0.140. The second-order valence-electron chi connectivity index (χ2n) is 6.08. The molecule has 1 aromatic carbocycles. The van der Waals surface area contributed by atoms with Gasteiger partial charge in [-0.2, -0.15) is 5.10 Å². The van der Waals surface area contributed by atoms with E-state index >= 15 is 0 Å². The van der Waals surface area contributed by atoms with E-state index in [2.05, 4.69) is 5.10 Å². The van der Waals surface area contributed by atoms with Gasteiger partial charge in [0.1, 0.15) is 0 Å². The molecule has 1 amide bonds. The van der Waals surface area contributed by atoms with Gasteiger partial charge in [0.2, 0.25) is 5.91 Å². The lowest BCUT2D eigenvalue weighted by Crippen LogP contribution is -2.47. The van der Waals surface area contributed by atoms with Crippen molar-refractivity contribution >= 4 is 5.91 Å². The smallest absolute Gasteiger partial charge is 0.227 e. The topological polar surface area (TPSA) is 47.4 Å². The van der Waals surface area contributed by atoms with Crippen molar-refractivity contribution in [2.24, 2.45) is 0 Å². The number of rotatable bonds is 3. The van der Waals surface area contributed by atoms with Crippen LogP contribution >= 0.6 is 0 Å². The van der Waals surface area contributed by atoms with Crippen molar-refractivity contribution < 1.29 is 9.53 Å². The zero-order valence-corrected chi connectivity index (χ0v) is 14.0. The van der Waals surface area contributed by atoms with Crippen LogP contribution in [-0.4, -0.2) is 46.4 Å². The zero-order valence-electron chi connectivity index (χ0n) is 14.0. The second kappa shape index (κ2) is 6.54. The Morgan fingerprint density at radius 1 is 1.30 bits per heavy atom. The number of nitrogens with zero attached hydrogens (tertiary/aromatic N) is 3. The monoisotopic (exact) mass is 313 g/mol. The molecule has 0 N–H and O–H groups in total. The normalized spacial score (nSPS) is 18.2. The first kappa shape index (κ1) is 15.7. The summed E-state index contributed by atoms with van der Waals surface area (Å²) in [5.41, 5.74) is 3.99. The molecular weight excluding hydrogens is 290 g/mol. The highest BCUT2D eigenvalue weighted by Crippen LogP contribution is 2.20. The number of carbonyl (C=O) groups is 1. The fourth-order valence-electron chi connectivity index (χ4n) is 3.10. The zero-order chi connectivity index (χ0) is 16.4. The third-order valence-corrected chi connectivity index (χ3v) is 4.46. The van der Waals surface area contributed by atoms with Crippen molar-refractivity contribution in [2.45, 2.75) is 33.2 Å². The number of ether oxygens (including phenoxy) is 1. The van der Waals surface area contributed by atoms with E-state index in [4.69, 9.17) is 4.74 Å². The Labute approximate surface area is 136 Å². The first-order valence-electron chi connectivity index (χ1n) is 8.05. The number of carbonyl (C=O) groups excluding carboxylic acids is 1. The lowest BCUT2D eigenvalue weighted by atomic mass is 10.1. The summed E-state index contributed by atoms with van der Waals surface area (Å²) in [7, 11) is 0. The molecule has 0 saturated carbocycles. The summed E-state index contributed by atoms with van der Waals surface area (Å²) in [6, 6.07) is 10.2. The lowest BCUT2D eigenvalue weighted by Gasteiger charge is -2.33. The average molecular weight is 313 g/mol. The number of aryl methyl sites for hydroxylation is 1. The third kappa shape index (κ3) is 3.15. The van der Waals surface area contributed by atoms with Crippen molar-refractivity contribution in [1.29, 1.82) is 0 Å². The Balaban J connectivity index is 1.83. The molecule has 23 heavy (non-hydrogen) atoms. The predicted molar refractivity (Wildman–Crippen MR) is 88.7 cm³/mol. The minimum atomic E-state index is 0.140. The molecule has 5 heteroatoms. The molecule has 122 valence electrons. The van der Waals surface area contributed by atoms with Crippen LogP contribution in [-0.2, 0) is 16.0 Å². The summed E-state index contributed by atoms with van der Waals surface area (Å²) >= 11 is 0. The van der Waals surface area contributed by atoms with Crippen LogP contribution in [0.3, 0.4) is 0 Å². The van der Waals surface area contributed by atoms with Gasteiger partial charge in [-0.25, -0.2) is 4.68 Å². The van der Waals surface area contributed by atoms with Gasteiger partial charge in [0.05, 0.1) is 37.1 Å². The fourth-order valence-corrected chi connectivity index (χ4v) is 3.10. The van der Waals surface area contributed by atoms with Crippen LogP contribution < -0.4 is 0 Å². The molecule has 1 aliphatic rings. The summed E-state index contributed by atoms with van der Waals surface area (Å²) in [5, 5.41) is 4.62. The van der Waals surface area contributed by atoms with Crippen molar-refractivity contribution in [3.63, 3.8) is 0 Å². The van der Waals surface area contributed by atoms with E-state index < -0.39 is 0 Å². The highest BCUT2D eigenvalue weighted by Gasteiger charge is 2.25. The van der Waals surface area contributed by atoms with E-state index in [-0.39, 0.29) is 11.9 Å². The second-order valence-corrected chi connectivity index (χ2v) is 6.08. The van der Waals surface area contributed by atoms with E-state index in [0.29, 0.717) is 26.2 Å². The Bertz CT molecular complexity index is 694. The van der Waals surface area contributed by atoms with E-state index in [1.54, 1.807) is 0 Å². The van der Waals surface area contributed by atoms with Crippen LogP contribution in [0.2, 0.25) is 0 Å². The predicted octanol–water partition coefficient (Wildman–Crippen LogP) is 2.28. The quantitative estimate of drug-likeness (QED) is 0.873. The average Bonchev–Trinajstić information content (AvgIpc) is 2.84. The SMILES string of the molecule is Cc1nn(-c2ccccc2)c(C)c1CC(=O)N1CCOC[C@@H]1C. The number of hydrogen-bond acceptors (Lipinski definition) is 3. The van der Waals surface area contributed by atoms with Crippen LogP contribution in [0.4, 0.5) is 0 Å². The fraction of sp³-hybridized carbons (Fsp3) is 0.444. The Kier molecular flexibility index (Phi) is 4.48. The summed E-state index contributed by atoms with van der Waals surface area (Å²) in [5.74, 6) is 0.152. The van der Waals surface area contributed by atoms with Crippen LogP contribution in [0.5, 0.6) is 0 Å². The standard InChI is InChI=1S/C18H23N3O2/c1-13-12-23-10-9-20(13)18(22)11-17-14(2)19-21(15(17)3)16-7-5-4-6-8-16/h4-8,13H,9-12H2,1-3H3/t13-/m0/s1. The number of morpholine rings is 1. The molecule has 0 aliphatic carbocycles. The Hall–Kier alpha value is -2.14. The number of hydrogen-bond donors (Lipinski definition) is 0. The third-order valence-electron chi connectivity index (χ3n) is 4.46. The van der Waals surface area contributed by atoms with Crippen LogP contribution in [0.15, 0.2) is 30.3 Å². The van der Waals surface area contributed by atoms with Gasteiger partial charge in [-0.3, -0.25) is 4.79 Å². The molecule has 0 spiro atoms. The van der Waals surface area contributed by atoms with E-state index in [9.17, 15) is 4.79 Å². The summed E-state index contributed by atoms with van der Waals surface area (Å²) in [4.78, 5) is 14.6. The van der Waals surface area contributed by atoms with E-state index in [0.717, 1.165) is 22.6 Å². The molecule has 1 aliphatic heterocycles. The molecule has 0 radical (unpaired) electrons. The van der Waals surface area contributed by atoms with Gasteiger partial charge in [0.25, 0.3) is 0 Å². The molecule has 5 nitrogen and oxygen atoms in total. The number of para-hydroxylation sites is 1. The van der Waals surface area contributed by atoms with Crippen molar-refractivity contribution in [1.82, 2.24) is 14.7 Å². The summed E-state index contributed by atoms with van der Waals surface area (Å²) < 4.78 is 7.33. The van der Waals surface area contributed by atoms with Crippen molar-refractivity contribution in [2.75, 3.05) is 19.8 Å². The lowest BCUT2D eigenvalue weighted by molar-refractivity contribution is -0.138. The summed E-state index contributed by atoms with van der Waals surface area (Å²) in [6.07, 6.45) is 0.398. The Morgan fingerprint density at radius 3 is 2.74 bits per heavy atom. The molecule has 0 unspecified atom stereocenters. The van der Waals surface area contributed by atoms with Crippen molar-refractivity contribution in [3.8, 4) is 5.69 Å². The molecule has 2 heterocycles. The highest BCUT2D eigenvalue weighted by atomic mass is 16.5. The molecule has 1 atom stereocenters. The maximum atomic E-state index is 12.7. The van der Waals surface area contributed by atoms with E-state index in [1.165, 1.54) is 0 Å². The van der Waals surface area contributed by atoms with Gasteiger partial charge >= 0.3 is 0 Å².